The summed E-state index contributed by atoms with van der Waals surface area (Å²) in [4.78, 5) is 11.4. The minimum atomic E-state index is -3.41. The van der Waals surface area contributed by atoms with Gasteiger partial charge in [0.25, 0.3) is 0 Å². The first kappa shape index (κ1) is 19.9. The first-order valence-electron chi connectivity index (χ1n) is 6.34. The van der Waals surface area contributed by atoms with E-state index < -0.39 is 16.0 Å². The van der Waals surface area contributed by atoms with Gasteiger partial charge in [-0.1, -0.05) is 19.1 Å². The fourth-order valence-electron chi connectivity index (χ4n) is 1.65. The van der Waals surface area contributed by atoms with Gasteiger partial charge < -0.3 is 10.1 Å². The Balaban J connectivity index is 0.00000400. The fraction of sp³-hybridized carbons (Fsp3) is 0.462. The summed E-state index contributed by atoms with van der Waals surface area (Å²) in [6.07, 6.45) is 0. The van der Waals surface area contributed by atoms with E-state index in [9.17, 15) is 13.2 Å². The number of methoxy groups -OCH3 is 1. The highest BCUT2D eigenvalue weighted by atomic mass is 35.5. The molecule has 0 aliphatic carbocycles. The molecule has 0 fully saturated rings. The van der Waals surface area contributed by atoms with Crippen molar-refractivity contribution >= 4 is 28.4 Å². The molecule has 120 valence electrons. The van der Waals surface area contributed by atoms with E-state index in [4.69, 9.17) is 0 Å². The molecule has 1 rings (SSSR count). The van der Waals surface area contributed by atoms with Crippen LogP contribution in [-0.4, -0.2) is 41.1 Å². The molecule has 6 nitrogen and oxygen atoms in total. The van der Waals surface area contributed by atoms with Gasteiger partial charge in [0.15, 0.2) is 0 Å². The average molecular weight is 337 g/mol. The van der Waals surface area contributed by atoms with Gasteiger partial charge in [-0.15, -0.1) is 12.4 Å². The van der Waals surface area contributed by atoms with Crippen LogP contribution in [0.15, 0.2) is 24.3 Å². The molecule has 0 saturated heterocycles. The predicted octanol–water partition coefficient (Wildman–Crippen LogP) is 0.924. The van der Waals surface area contributed by atoms with E-state index in [0.717, 1.165) is 6.54 Å². The lowest BCUT2D eigenvalue weighted by atomic mass is 10.1. The molecular formula is C13H21ClN2O4S. The Morgan fingerprint density at radius 2 is 2.00 bits per heavy atom. The molecule has 0 aliphatic heterocycles. The molecule has 2 N–H and O–H groups in total. The minimum Gasteiger partial charge on any atom is -0.465 e. The summed E-state index contributed by atoms with van der Waals surface area (Å²) in [5.41, 5.74) is 0.886. The predicted molar refractivity (Wildman–Crippen MR) is 84.2 cm³/mol. The maximum atomic E-state index is 11.9. The first-order valence-corrected chi connectivity index (χ1v) is 7.99. The lowest BCUT2D eigenvalue weighted by molar-refractivity contribution is 0.0600. The van der Waals surface area contributed by atoms with Crippen molar-refractivity contribution in [2.75, 3.05) is 26.7 Å². The third-order valence-electron chi connectivity index (χ3n) is 2.58. The maximum Gasteiger partial charge on any atom is 0.337 e. The van der Waals surface area contributed by atoms with Crippen LogP contribution in [0.2, 0.25) is 0 Å². The van der Waals surface area contributed by atoms with E-state index in [1.54, 1.807) is 18.2 Å². The zero-order chi connectivity index (χ0) is 15.0. The van der Waals surface area contributed by atoms with Crippen molar-refractivity contribution in [3.8, 4) is 0 Å². The number of esters is 1. The second kappa shape index (κ2) is 9.73. The minimum absolute atomic E-state index is 0. The molecule has 0 atom stereocenters. The lowest BCUT2D eigenvalue weighted by Crippen LogP contribution is -2.32. The van der Waals surface area contributed by atoms with E-state index in [0.29, 0.717) is 24.2 Å². The Hall–Kier alpha value is -1.15. The van der Waals surface area contributed by atoms with Gasteiger partial charge in [-0.2, -0.15) is 0 Å². The molecule has 0 unspecified atom stereocenters. The second-order valence-electron chi connectivity index (χ2n) is 4.20. The lowest BCUT2D eigenvalue weighted by Gasteiger charge is -2.08. The number of sulfonamides is 1. The van der Waals surface area contributed by atoms with Crippen molar-refractivity contribution in [1.82, 2.24) is 10.0 Å². The number of hydrogen-bond donors (Lipinski definition) is 2. The van der Waals surface area contributed by atoms with Crippen LogP contribution in [0.3, 0.4) is 0 Å². The zero-order valence-corrected chi connectivity index (χ0v) is 13.7. The molecule has 0 amide bonds. The summed E-state index contributed by atoms with van der Waals surface area (Å²) in [5, 5.41) is 3.03. The molecule has 0 bridgehead atoms. The normalized spacial score (nSPS) is 10.8. The van der Waals surface area contributed by atoms with Gasteiger partial charge >= 0.3 is 5.97 Å². The highest BCUT2D eigenvalue weighted by molar-refractivity contribution is 7.88. The summed E-state index contributed by atoms with van der Waals surface area (Å²) in [6, 6.07) is 6.40. The van der Waals surface area contributed by atoms with E-state index in [2.05, 4.69) is 14.8 Å². The molecule has 0 heterocycles. The number of carbonyl (C=O) groups is 1. The van der Waals surface area contributed by atoms with Crippen molar-refractivity contribution in [2.24, 2.45) is 0 Å². The molecule has 0 saturated carbocycles. The van der Waals surface area contributed by atoms with Gasteiger partial charge in [0.1, 0.15) is 0 Å². The van der Waals surface area contributed by atoms with Crippen molar-refractivity contribution < 1.29 is 17.9 Å². The Morgan fingerprint density at radius 1 is 1.29 bits per heavy atom. The largest absolute Gasteiger partial charge is 0.465 e. The molecule has 0 aromatic heterocycles. The number of hydrogen-bond acceptors (Lipinski definition) is 5. The number of likely N-dealkylation sites (N-methyl/N-ethyl adjacent to an activating group) is 1. The molecule has 0 radical (unpaired) electrons. The zero-order valence-electron chi connectivity index (χ0n) is 12.1. The Bertz CT molecular complexity index is 549. The van der Waals surface area contributed by atoms with Gasteiger partial charge in [-0.3, -0.25) is 0 Å². The Kier molecular flexibility index (Phi) is 9.19. The van der Waals surface area contributed by atoms with Gasteiger partial charge in [0.2, 0.25) is 10.0 Å². The summed E-state index contributed by atoms with van der Waals surface area (Å²) in [5.74, 6) is -0.645. The monoisotopic (exact) mass is 336 g/mol. The van der Waals surface area contributed by atoms with Crippen molar-refractivity contribution in [3.63, 3.8) is 0 Å². The smallest absolute Gasteiger partial charge is 0.337 e. The quantitative estimate of drug-likeness (QED) is 0.545. The van der Waals surface area contributed by atoms with Crippen LogP contribution < -0.4 is 10.0 Å². The van der Waals surface area contributed by atoms with Gasteiger partial charge in [-0.25, -0.2) is 17.9 Å². The van der Waals surface area contributed by atoms with Gasteiger partial charge in [-0.05, 0) is 24.2 Å². The Morgan fingerprint density at radius 3 is 2.62 bits per heavy atom. The second-order valence-corrected chi connectivity index (χ2v) is 6.01. The summed E-state index contributed by atoms with van der Waals surface area (Å²) in [7, 11) is -2.12. The number of carbonyl (C=O) groups excluding carboxylic acids is 1. The summed E-state index contributed by atoms with van der Waals surface area (Å²) < 4.78 is 30.8. The van der Waals surface area contributed by atoms with Crippen LogP contribution in [0, 0.1) is 0 Å². The van der Waals surface area contributed by atoms with E-state index in [1.165, 1.54) is 13.2 Å². The third-order valence-corrected chi connectivity index (χ3v) is 3.94. The number of ether oxygens (including phenoxy) is 1. The van der Waals surface area contributed by atoms with Crippen LogP contribution >= 0.6 is 12.4 Å². The standard InChI is InChI=1S/C13H20N2O4S.ClH/c1-3-14-7-8-15-20(17,18)10-11-5-4-6-12(9-11)13(16)19-2;/h4-6,9,14-15H,3,7-8,10H2,1-2H3;1H. The van der Waals surface area contributed by atoms with E-state index in [1.807, 2.05) is 6.92 Å². The van der Waals surface area contributed by atoms with Crippen molar-refractivity contribution in [3.05, 3.63) is 35.4 Å². The number of nitrogens with one attached hydrogen (secondary N) is 2. The maximum absolute atomic E-state index is 11.9. The van der Waals surface area contributed by atoms with E-state index >= 15 is 0 Å². The SMILES string of the molecule is CCNCCNS(=O)(=O)Cc1cccc(C(=O)OC)c1.Cl. The topological polar surface area (TPSA) is 84.5 Å². The fourth-order valence-corrected chi connectivity index (χ4v) is 2.78. The Labute approximate surface area is 131 Å². The number of benzene rings is 1. The molecule has 1 aromatic carbocycles. The van der Waals surface area contributed by atoms with Crippen LogP contribution in [-0.2, 0) is 20.5 Å². The molecule has 21 heavy (non-hydrogen) atoms. The van der Waals surface area contributed by atoms with Crippen molar-refractivity contribution in [2.45, 2.75) is 12.7 Å². The molecule has 8 heteroatoms. The highest BCUT2D eigenvalue weighted by Crippen LogP contribution is 2.09. The molecule has 0 spiro atoms. The number of halogens is 1. The molecule has 0 aliphatic rings. The van der Waals surface area contributed by atoms with E-state index in [-0.39, 0.29) is 18.2 Å². The molecular weight excluding hydrogens is 316 g/mol. The highest BCUT2D eigenvalue weighted by Gasteiger charge is 2.12. The molecule has 1 aromatic rings. The summed E-state index contributed by atoms with van der Waals surface area (Å²) >= 11 is 0. The first-order chi connectivity index (χ1) is 9.48. The van der Waals surface area contributed by atoms with Gasteiger partial charge in [0.05, 0.1) is 18.4 Å². The number of rotatable bonds is 8. The summed E-state index contributed by atoms with van der Waals surface area (Å²) in [6.45, 7) is 3.67. The van der Waals surface area contributed by atoms with Crippen LogP contribution in [0.4, 0.5) is 0 Å². The van der Waals surface area contributed by atoms with Crippen LogP contribution in [0.25, 0.3) is 0 Å². The van der Waals surface area contributed by atoms with Crippen LogP contribution in [0.1, 0.15) is 22.8 Å². The van der Waals surface area contributed by atoms with Crippen LogP contribution in [0.5, 0.6) is 0 Å². The third kappa shape index (κ3) is 7.42. The van der Waals surface area contributed by atoms with Crippen molar-refractivity contribution in [1.29, 1.82) is 0 Å². The van der Waals surface area contributed by atoms with Gasteiger partial charge in [0, 0.05) is 13.1 Å². The average Bonchev–Trinajstić information content (AvgIpc) is 2.42.